The molecule has 0 atom stereocenters. The monoisotopic (exact) mass is 334 g/mol. The Morgan fingerprint density at radius 1 is 0.652 bits per heavy atom. The van der Waals surface area contributed by atoms with Gasteiger partial charge in [-0.15, -0.1) is 0 Å². The fourth-order valence-corrected chi connectivity index (χ4v) is 5.65. The van der Waals surface area contributed by atoms with Gasteiger partial charge in [-0.05, 0) is 50.6 Å². The van der Waals surface area contributed by atoms with Gasteiger partial charge in [-0.2, -0.15) is 0 Å². The first-order valence-corrected chi connectivity index (χ1v) is 10.9. The van der Waals surface area contributed by atoms with Crippen LogP contribution in [-0.2, 0) is 16.2 Å². The van der Waals surface area contributed by atoms with E-state index in [0.29, 0.717) is 0 Å². The highest BCUT2D eigenvalue weighted by Gasteiger charge is 2.31. The average molecular weight is 335 g/mol. The first-order chi connectivity index (χ1) is 10.2. The lowest BCUT2D eigenvalue weighted by atomic mass is 9.75. The van der Waals surface area contributed by atoms with Gasteiger partial charge in [0.05, 0.1) is 0 Å². The summed E-state index contributed by atoms with van der Waals surface area (Å²) >= 11 is 0. The van der Waals surface area contributed by atoms with Crippen LogP contribution in [0.15, 0.2) is 12.1 Å². The van der Waals surface area contributed by atoms with Crippen molar-refractivity contribution >= 4 is 13.2 Å². The number of hydrogen-bond acceptors (Lipinski definition) is 0. The third kappa shape index (κ3) is 4.82. The lowest BCUT2D eigenvalue weighted by Gasteiger charge is -2.36. The molecule has 132 valence electrons. The van der Waals surface area contributed by atoms with Gasteiger partial charge in [0.25, 0.3) is 0 Å². The van der Waals surface area contributed by atoms with Crippen molar-refractivity contribution in [3.63, 3.8) is 0 Å². The van der Waals surface area contributed by atoms with Gasteiger partial charge in [0, 0.05) is 0 Å². The Hall–Kier alpha value is -0.350. The minimum absolute atomic E-state index is 0.0697. The molecule has 0 spiro atoms. The van der Waals surface area contributed by atoms with E-state index in [2.05, 4.69) is 88.3 Å². The second-order valence-corrected chi connectivity index (χ2v) is 12.6. The summed E-state index contributed by atoms with van der Waals surface area (Å²) in [7, 11) is -0.0697. The fourth-order valence-electron chi connectivity index (χ4n) is 3.09. The molecular formula is C22H39P. The zero-order valence-corrected chi connectivity index (χ0v) is 18.4. The molecule has 0 heterocycles. The highest BCUT2D eigenvalue weighted by atomic mass is 31.1. The van der Waals surface area contributed by atoms with Gasteiger partial charge in [-0.1, -0.05) is 96.2 Å². The molecule has 0 radical (unpaired) electrons. The van der Waals surface area contributed by atoms with Crippen molar-refractivity contribution in [2.24, 2.45) is 0 Å². The molecule has 0 bridgehead atoms. The molecule has 0 aliphatic carbocycles. The largest absolute Gasteiger partial charge is 0.0752 e. The van der Waals surface area contributed by atoms with Crippen LogP contribution in [0, 0.1) is 0 Å². The van der Waals surface area contributed by atoms with E-state index in [1.54, 1.807) is 16.4 Å². The summed E-state index contributed by atoms with van der Waals surface area (Å²) in [4.78, 5) is 0. The van der Waals surface area contributed by atoms with Crippen LogP contribution < -0.4 is 5.30 Å². The SMILES string of the molecule is CCP(CC)c1c(C(C)(C)C)cc(C(C)(C)C)cc1C(C)(C)C. The maximum atomic E-state index is 2.52. The zero-order valence-electron chi connectivity index (χ0n) is 17.5. The van der Waals surface area contributed by atoms with E-state index in [1.807, 2.05) is 0 Å². The molecule has 1 heteroatoms. The van der Waals surface area contributed by atoms with Crippen molar-refractivity contribution in [2.75, 3.05) is 12.3 Å². The van der Waals surface area contributed by atoms with Crippen LogP contribution in [-0.4, -0.2) is 12.3 Å². The fraction of sp³-hybridized carbons (Fsp3) is 0.727. The molecule has 0 aliphatic rings. The van der Waals surface area contributed by atoms with Crippen molar-refractivity contribution in [2.45, 2.75) is 92.4 Å². The maximum absolute atomic E-state index is 2.52. The maximum Gasteiger partial charge on any atom is -0.0125 e. The molecule has 1 aromatic rings. The number of hydrogen-bond donors (Lipinski definition) is 0. The minimum Gasteiger partial charge on any atom is -0.0752 e. The van der Waals surface area contributed by atoms with Crippen LogP contribution in [0.5, 0.6) is 0 Å². The zero-order chi connectivity index (χ0) is 18.2. The predicted molar refractivity (Wildman–Crippen MR) is 110 cm³/mol. The molecule has 0 nitrogen and oxygen atoms in total. The van der Waals surface area contributed by atoms with Crippen molar-refractivity contribution < 1.29 is 0 Å². The van der Waals surface area contributed by atoms with Crippen LogP contribution in [0.4, 0.5) is 0 Å². The van der Waals surface area contributed by atoms with Gasteiger partial charge < -0.3 is 0 Å². The van der Waals surface area contributed by atoms with Gasteiger partial charge in [0.15, 0.2) is 0 Å². The molecule has 0 unspecified atom stereocenters. The van der Waals surface area contributed by atoms with E-state index in [9.17, 15) is 0 Å². The molecule has 1 aromatic carbocycles. The molecule has 0 amide bonds. The van der Waals surface area contributed by atoms with Crippen LogP contribution in [0.2, 0.25) is 0 Å². The smallest absolute Gasteiger partial charge is 0.0125 e. The molecule has 1 rings (SSSR count). The predicted octanol–water partition coefficient (Wildman–Crippen LogP) is 6.73. The van der Waals surface area contributed by atoms with Gasteiger partial charge in [0.1, 0.15) is 0 Å². The third-order valence-corrected chi connectivity index (χ3v) is 7.31. The molecule has 0 saturated heterocycles. The normalized spacial score (nSPS) is 13.7. The summed E-state index contributed by atoms with van der Waals surface area (Å²) in [5.41, 5.74) is 5.25. The molecule has 0 saturated carbocycles. The van der Waals surface area contributed by atoms with Crippen molar-refractivity contribution in [1.29, 1.82) is 0 Å². The van der Waals surface area contributed by atoms with E-state index in [4.69, 9.17) is 0 Å². The second-order valence-electron chi connectivity index (χ2n) is 9.84. The standard InChI is InChI=1S/C22H39P/c1-12-23(13-2)19-17(21(6,7)8)14-16(20(3,4)5)15-18(19)22(9,10)11/h14-15H,12-13H2,1-11H3. The topological polar surface area (TPSA) is 0 Å². The summed E-state index contributed by atoms with van der Waals surface area (Å²) in [6, 6.07) is 5.04. The van der Waals surface area contributed by atoms with Gasteiger partial charge >= 0.3 is 0 Å². The van der Waals surface area contributed by atoms with Gasteiger partial charge in [-0.25, -0.2) is 0 Å². The summed E-state index contributed by atoms with van der Waals surface area (Å²) < 4.78 is 0. The first-order valence-electron chi connectivity index (χ1n) is 9.17. The highest BCUT2D eigenvalue weighted by Crippen LogP contribution is 2.43. The van der Waals surface area contributed by atoms with Crippen molar-refractivity contribution in [3.05, 3.63) is 28.8 Å². The average Bonchev–Trinajstić information content (AvgIpc) is 2.36. The lowest BCUT2D eigenvalue weighted by Crippen LogP contribution is -2.32. The van der Waals surface area contributed by atoms with E-state index in [-0.39, 0.29) is 24.2 Å². The summed E-state index contributed by atoms with van der Waals surface area (Å²) in [6.07, 6.45) is 2.57. The van der Waals surface area contributed by atoms with Crippen LogP contribution in [0.3, 0.4) is 0 Å². The van der Waals surface area contributed by atoms with Crippen LogP contribution in [0.25, 0.3) is 0 Å². The van der Waals surface area contributed by atoms with E-state index < -0.39 is 0 Å². The highest BCUT2D eigenvalue weighted by molar-refractivity contribution is 7.65. The Morgan fingerprint density at radius 2 is 1.00 bits per heavy atom. The van der Waals surface area contributed by atoms with Gasteiger partial charge in [0.2, 0.25) is 0 Å². The third-order valence-electron chi connectivity index (χ3n) is 4.67. The van der Waals surface area contributed by atoms with Crippen molar-refractivity contribution in [1.82, 2.24) is 0 Å². The lowest BCUT2D eigenvalue weighted by molar-refractivity contribution is 0.553. The molecular weight excluding hydrogens is 295 g/mol. The van der Waals surface area contributed by atoms with Crippen molar-refractivity contribution in [3.8, 4) is 0 Å². The van der Waals surface area contributed by atoms with Crippen LogP contribution >= 0.6 is 7.92 Å². The molecule has 0 fully saturated rings. The Bertz CT molecular complexity index is 494. The quantitative estimate of drug-likeness (QED) is 0.538. The second kappa shape index (κ2) is 6.87. The summed E-state index contributed by atoms with van der Waals surface area (Å²) in [5, 5.41) is 1.69. The number of benzene rings is 1. The molecule has 0 N–H and O–H groups in total. The molecule has 0 aromatic heterocycles. The van der Waals surface area contributed by atoms with E-state index >= 15 is 0 Å². The van der Waals surface area contributed by atoms with Gasteiger partial charge in [-0.3, -0.25) is 0 Å². The van der Waals surface area contributed by atoms with E-state index in [0.717, 1.165) is 0 Å². The molecule has 0 aliphatic heterocycles. The van der Waals surface area contributed by atoms with E-state index in [1.165, 1.54) is 17.9 Å². The Morgan fingerprint density at radius 3 is 1.22 bits per heavy atom. The Balaban J connectivity index is 3.90. The summed E-state index contributed by atoms with van der Waals surface area (Å²) in [6.45, 7) is 26.0. The first kappa shape index (κ1) is 20.7. The number of rotatable bonds is 3. The van der Waals surface area contributed by atoms with Crippen LogP contribution in [0.1, 0.15) is 92.9 Å². The Labute approximate surface area is 147 Å². The minimum atomic E-state index is -0.0697. The Kier molecular flexibility index (Phi) is 6.18. The summed E-state index contributed by atoms with van der Waals surface area (Å²) in [5.74, 6) is 0. The molecule has 23 heavy (non-hydrogen) atoms.